The molecule has 0 radical (unpaired) electrons. The molecular weight excluding hydrogens is 408 g/mol. The lowest BCUT2D eigenvalue weighted by Crippen LogP contribution is -2.38. The van der Waals surface area contributed by atoms with Crippen LogP contribution in [0.5, 0.6) is 11.5 Å². The molecule has 172 valence electrons. The molecule has 2 atom stereocenters. The molecule has 2 unspecified atom stereocenters. The van der Waals surface area contributed by atoms with E-state index in [-0.39, 0.29) is 17.9 Å². The molecule has 7 nitrogen and oxygen atoms in total. The zero-order valence-corrected chi connectivity index (χ0v) is 19.4. The molecule has 2 aromatic rings. The molecule has 0 bridgehead atoms. The molecule has 1 aliphatic rings. The Morgan fingerprint density at radius 1 is 1.09 bits per heavy atom. The molecular formula is C25H32N2O5. The van der Waals surface area contributed by atoms with Crippen LogP contribution < -0.4 is 19.7 Å². The molecule has 7 heteroatoms. The van der Waals surface area contributed by atoms with E-state index < -0.39 is 5.92 Å². The number of hydrogen-bond acceptors (Lipinski definition) is 5. The molecule has 1 saturated heterocycles. The number of nitrogens with one attached hydrogen (secondary N) is 1. The highest BCUT2D eigenvalue weighted by molar-refractivity contribution is 6.09. The minimum Gasteiger partial charge on any atom is -0.493 e. The Morgan fingerprint density at radius 2 is 1.88 bits per heavy atom. The average molecular weight is 441 g/mol. The van der Waals surface area contributed by atoms with E-state index in [0.29, 0.717) is 37.7 Å². The summed E-state index contributed by atoms with van der Waals surface area (Å²) in [5.74, 6) is 0.0997. The molecule has 0 aromatic heterocycles. The Kier molecular flexibility index (Phi) is 7.75. The van der Waals surface area contributed by atoms with Gasteiger partial charge in [-0.3, -0.25) is 9.59 Å². The highest BCUT2D eigenvalue weighted by atomic mass is 16.5. The summed E-state index contributed by atoms with van der Waals surface area (Å²) in [4.78, 5) is 27.6. The minimum absolute atomic E-state index is 0.155. The number of carbonyl (C=O) groups is 2. The first-order chi connectivity index (χ1) is 15.3. The zero-order valence-electron chi connectivity index (χ0n) is 19.4. The van der Waals surface area contributed by atoms with Gasteiger partial charge in [-0.25, -0.2) is 0 Å². The van der Waals surface area contributed by atoms with Crippen molar-refractivity contribution in [2.24, 2.45) is 5.92 Å². The van der Waals surface area contributed by atoms with Crippen molar-refractivity contribution in [1.29, 1.82) is 0 Å². The molecule has 0 spiro atoms. The first-order valence-electron chi connectivity index (χ1n) is 10.8. The van der Waals surface area contributed by atoms with E-state index in [4.69, 9.17) is 14.2 Å². The molecule has 2 aromatic carbocycles. The first-order valence-corrected chi connectivity index (χ1v) is 10.8. The van der Waals surface area contributed by atoms with Gasteiger partial charge in [0.1, 0.15) is 12.5 Å². The Labute approximate surface area is 189 Å². The lowest BCUT2D eigenvalue weighted by Gasteiger charge is -2.20. The molecule has 32 heavy (non-hydrogen) atoms. The quantitative estimate of drug-likeness (QED) is 0.477. The van der Waals surface area contributed by atoms with E-state index in [1.807, 2.05) is 57.2 Å². The maximum absolute atomic E-state index is 13.0. The fraction of sp³-hybridized carbons (Fsp3) is 0.440. The maximum Gasteiger partial charge on any atom is 0.239 e. The van der Waals surface area contributed by atoms with Crippen LogP contribution in [0.25, 0.3) is 0 Å². The van der Waals surface area contributed by atoms with Gasteiger partial charge in [-0.15, -0.1) is 0 Å². The third-order valence-electron chi connectivity index (χ3n) is 5.92. The van der Waals surface area contributed by atoms with Crippen molar-refractivity contribution in [3.63, 3.8) is 0 Å². The Balaban J connectivity index is 1.65. The van der Waals surface area contributed by atoms with Crippen LogP contribution in [0.3, 0.4) is 0 Å². The topological polar surface area (TPSA) is 77.1 Å². The second kappa shape index (κ2) is 10.5. The second-order valence-corrected chi connectivity index (χ2v) is 8.08. The van der Waals surface area contributed by atoms with Crippen molar-refractivity contribution in [3.05, 3.63) is 53.1 Å². The third kappa shape index (κ3) is 5.22. The summed E-state index contributed by atoms with van der Waals surface area (Å²) in [6, 6.07) is 11.2. The van der Waals surface area contributed by atoms with Crippen molar-refractivity contribution in [3.8, 4) is 11.5 Å². The van der Waals surface area contributed by atoms with Crippen molar-refractivity contribution >= 4 is 17.5 Å². The number of ether oxygens (including phenoxy) is 3. The Hall–Kier alpha value is -3.06. The summed E-state index contributed by atoms with van der Waals surface area (Å²) in [7, 11) is 3.19. The second-order valence-electron chi connectivity index (χ2n) is 8.08. The van der Waals surface area contributed by atoms with Gasteiger partial charge in [0.05, 0.1) is 19.8 Å². The summed E-state index contributed by atoms with van der Waals surface area (Å²) in [6.07, 6.45) is 0.500. The van der Waals surface area contributed by atoms with Gasteiger partial charge >= 0.3 is 0 Å². The first kappa shape index (κ1) is 23.6. The number of nitrogens with zero attached hydrogens (tertiary/aromatic N) is 1. The van der Waals surface area contributed by atoms with Crippen molar-refractivity contribution < 1.29 is 23.8 Å². The van der Waals surface area contributed by atoms with E-state index in [1.54, 1.807) is 19.1 Å². The van der Waals surface area contributed by atoms with E-state index in [9.17, 15) is 9.59 Å². The summed E-state index contributed by atoms with van der Waals surface area (Å²) < 4.78 is 16.1. The van der Waals surface area contributed by atoms with Gasteiger partial charge in [0, 0.05) is 19.3 Å². The maximum atomic E-state index is 13.0. The number of anilines is 1. The van der Waals surface area contributed by atoms with E-state index in [0.717, 1.165) is 16.8 Å². The molecule has 2 amide bonds. The van der Waals surface area contributed by atoms with Crippen LogP contribution in [0.4, 0.5) is 5.69 Å². The fourth-order valence-electron chi connectivity index (χ4n) is 3.78. The molecule has 1 heterocycles. The van der Waals surface area contributed by atoms with Crippen LogP contribution in [0.1, 0.15) is 36.1 Å². The highest BCUT2D eigenvalue weighted by Crippen LogP contribution is 2.31. The molecule has 0 aliphatic carbocycles. The number of rotatable bonds is 9. The Morgan fingerprint density at radius 3 is 2.56 bits per heavy atom. The van der Waals surface area contributed by atoms with Crippen molar-refractivity contribution in [2.45, 2.75) is 33.2 Å². The van der Waals surface area contributed by atoms with E-state index in [1.165, 1.54) is 5.56 Å². The van der Waals surface area contributed by atoms with Crippen molar-refractivity contribution in [1.82, 2.24) is 5.32 Å². The van der Waals surface area contributed by atoms with E-state index in [2.05, 4.69) is 5.32 Å². The Bertz CT molecular complexity index is 975. The summed E-state index contributed by atoms with van der Waals surface area (Å²) in [5.41, 5.74) is 4.01. The average Bonchev–Trinajstić information content (AvgIpc) is 3.17. The molecule has 3 rings (SSSR count). The van der Waals surface area contributed by atoms with Gasteiger partial charge in [-0.2, -0.15) is 0 Å². The van der Waals surface area contributed by atoms with Gasteiger partial charge in [0.2, 0.25) is 11.8 Å². The van der Waals surface area contributed by atoms with E-state index >= 15 is 0 Å². The normalized spacial score (nSPS) is 16.7. The highest BCUT2D eigenvalue weighted by Gasteiger charge is 2.38. The van der Waals surface area contributed by atoms with Crippen LogP contribution in [0.15, 0.2) is 36.4 Å². The van der Waals surface area contributed by atoms with Crippen molar-refractivity contribution in [2.75, 3.05) is 38.9 Å². The number of aryl methyl sites for hydroxylation is 2. The summed E-state index contributed by atoms with van der Waals surface area (Å²) in [6.45, 7) is 7.38. The SMILES string of the molecule is COCCOc1ccc(C(C)NC(=O)C2CCN(c3ccc(C)c(C)c3)C2=O)cc1OC. The number of amides is 2. The molecule has 0 saturated carbocycles. The van der Waals surface area contributed by atoms with Gasteiger partial charge in [-0.1, -0.05) is 12.1 Å². The lowest BCUT2D eigenvalue weighted by atomic mass is 10.0. The minimum atomic E-state index is -0.683. The largest absolute Gasteiger partial charge is 0.493 e. The predicted molar refractivity (Wildman–Crippen MR) is 123 cm³/mol. The standard InChI is InChI=1S/C25H32N2O5/c1-16-6-8-20(14-17(16)2)27-11-10-21(25(27)29)24(28)26-18(3)19-7-9-22(23(15-19)31-5)32-13-12-30-4/h6-9,14-15,18,21H,10-13H2,1-5H3,(H,26,28). The summed E-state index contributed by atoms with van der Waals surface area (Å²) >= 11 is 0. The molecule has 1 N–H and O–H groups in total. The predicted octanol–water partition coefficient (Wildman–Crippen LogP) is 3.57. The van der Waals surface area contributed by atoms with Gasteiger partial charge in [0.25, 0.3) is 0 Å². The van der Waals surface area contributed by atoms with Crippen LogP contribution in [-0.4, -0.2) is 45.8 Å². The van der Waals surface area contributed by atoms with Gasteiger partial charge < -0.3 is 24.4 Å². The van der Waals surface area contributed by atoms with Crippen LogP contribution in [-0.2, 0) is 14.3 Å². The molecule has 1 fully saturated rings. The van der Waals surface area contributed by atoms with Crippen LogP contribution in [0.2, 0.25) is 0 Å². The fourth-order valence-corrected chi connectivity index (χ4v) is 3.78. The van der Waals surface area contributed by atoms with Crippen LogP contribution >= 0.6 is 0 Å². The molecule has 1 aliphatic heterocycles. The number of benzene rings is 2. The monoisotopic (exact) mass is 440 g/mol. The third-order valence-corrected chi connectivity index (χ3v) is 5.92. The van der Waals surface area contributed by atoms with Gasteiger partial charge in [-0.05, 0) is 68.1 Å². The summed E-state index contributed by atoms with van der Waals surface area (Å²) in [5, 5.41) is 2.98. The number of carbonyl (C=O) groups excluding carboxylic acids is 2. The van der Waals surface area contributed by atoms with Crippen LogP contribution in [0, 0.1) is 19.8 Å². The number of methoxy groups -OCH3 is 2. The smallest absolute Gasteiger partial charge is 0.239 e. The lowest BCUT2D eigenvalue weighted by molar-refractivity contribution is -0.132. The van der Waals surface area contributed by atoms with Gasteiger partial charge in [0.15, 0.2) is 11.5 Å². The zero-order chi connectivity index (χ0) is 23.3. The number of hydrogen-bond donors (Lipinski definition) is 1.